The molecule has 1 atom stereocenters. The van der Waals surface area contributed by atoms with Crippen LogP contribution in [0.15, 0.2) is 18.2 Å². The van der Waals surface area contributed by atoms with Gasteiger partial charge in [0.1, 0.15) is 0 Å². The molecule has 1 N–H and O–H groups in total. The van der Waals surface area contributed by atoms with Crippen molar-refractivity contribution in [3.05, 3.63) is 35.4 Å². The summed E-state index contributed by atoms with van der Waals surface area (Å²) in [4.78, 5) is 4.49. The Morgan fingerprint density at radius 1 is 1.21 bits per heavy atom. The van der Waals surface area contributed by atoms with Crippen LogP contribution in [0.1, 0.15) is 18.1 Å². The first kappa shape index (κ1) is 14.4. The monoisotopic (exact) mass is 270 g/mol. The van der Waals surface area contributed by atoms with Crippen LogP contribution < -0.4 is 0 Å². The molecule has 1 unspecified atom stereocenters. The molecular weight excluding hydrogens is 250 g/mol. The van der Waals surface area contributed by atoms with Crippen LogP contribution in [0.4, 0.5) is 8.78 Å². The van der Waals surface area contributed by atoms with Gasteiger partial charge in [0.25, 0.3) is 0 Å². The summed E-state index contributed by atoms with van der Waals surface area (Å²) < 4.78 is 26.6. The van der Waals surface area contributed by atoms with Crippen LogP contribution in [0.25, 0.3) is 0 Å². The molecule has 0 spiro atoms. The Bertz CT molecular complexity index is 420. The van der Waals surface area contributed by atoms with Crippen LogP contribution in [-0.4, -0.2) is 54.7 Å². The van der Waals surface area contributed by atoms with Crippen LogP contribution >= 0.6 is 0 Å². The lowest BCUT2D eigenvalue weighted by atomic mass is 10.1. The van der Waals surface area contributed by atoms with Crippen molar-refractivity contribution in [1.82, 2.24) is 9.80 Å². The van der Waals surface area contributed by atoms with E-state index in [0.29, 0.717) is 13.0 Å². The maximum absolute atomic E-state index is 13.5. The Kier molecular flexibility index (Phi) is 4.85. The van der Waals surface area contributed by atoms with Gasteiger partial charge in [-0.3, -0.25) is 0 Å². The molecule has 1 aliphatic rings. The molecule has 1 aromatic carbocycles. The largest absolute Gasteiger partial charge is 0.388 e. The third kappa shape index (κ3) is 3.72. The predicted octanol–water partition coefficient (Wildman–Crippen LogP) is 1.64. The van der Waals surface area contributed by atoms with Gasteiger partial charge in [0, 0.05) is 38.3 Å². The van der Waals surface area contributed by atoms with Gasteiger partial charge in [-0.15, -0.1) is 0 Å². The average Bonchev–Trinajstić information content (AvgIpc) is 2.41. The highest BCUT2D eigenvalue weighted by molar-refractivity contribution is 5.21. The summed E-state index contributed by atoms with van der Waals surface area (Å²) in [5.41, 5.74) is 0.0501. The summed E-state index contributed by atoms with van der Waals surface area (Å²) in [5.74, 6) is -1.84. The lowest BCUT2D eigenvalue weighted by Gasteiger charge is -2.32. The van der Waals surface area contributed by atoms with E-state index < -0.39 is 17.7 Å². The standard InChI is InChI=1S/C14H20F2N2O/c1-17-7-9-18(10-8-17)6-5-13(19)11-3-2-4-12(15)14(11)16/h2-4,13,19H,5-10H2,1H3. The molecular formula is C14H20F2N2O. The van der Waals surface area contributed by atoms with Crippen molar-refractivity contribution in [3.8, 4) is 0 Å². The Morgan fingerprint density at radius 2 is 1.89 bits per heavy atom. The SMILES string of the molecule is CN1CCN(CCC(O)c2cccc(F)c2F)CC1. The number of nitrogens with zero attached hydrogens (tertiary/aromatic N) is 2. The molecule has 2 rings (SSSR count). The highest BCUT2D eigenvalue weighted by Crippen LogP contribution is 2.22. The van der Waals surface area contributed by atoms with E-state index in [9.17, 15) is 13.9 Å². The Labute approximate surface area is 112 Å². The minimum atomic E-state index is -0.949. The van der Waals surface area contributed by atoms with E-state index in [0.717, 1.165) is 32.2 Å². The number of piperazine rings is 1. The smallest absolute Gasteiger partial charge is 0.164 e. The van der Waals surface area contributed by atoms with Gasteiger partial charge in [-0.05, 0) is 19.5 Å². The van der Waals surface area contributed by atoms with Crippen molar-refractivity contribution >= 4 is 0 Å². The van der Waals surface area contributed by atoms with Crippen molar-refractivity contribution in [2.45, 2.75) is 12.5 Å². The van der Waals surface area contributed by atoms with Gasteiger partial charge >= 0.3 is 0 Å². The maximum atomic E-state index is 13.5. The Balaban J connectivity index is 1.87. The van der Waals surface area contributed by atoms with Crippen molar-refractivity contribution in [2.75, 3.05) is 39.8 Å². The van der Waals surface area contributed by atoms with Crippen molar-refractivity contribution in [1.29, 1.82) is 0 Å². The summed E-state index contributed by atoms with van der Waals surface area (Å²) in [6.45, 7) is 4.61. The van der Waals surface area contributed by atoms with E-state index >= 15 is 0 Å². The zero-order chi connectivity index (χ0) is 13.8. The molecule has 0 amide bonds. The normalized spacial score (nSPS) is 19.6. The summed E-state index contributed by atoms with van der Waals surface area (Å²) in [6, 6.07) is 3.92. The molecule has 1 fully saturated rings. The maximum Gasteiger partial charge on any atom is 0.164 e. The third-order valence-electron chi connectivity index (χ3n) is 3.66. The number of likely N-dealkylation sites (N-methyl/N-ethyl adjacent to an activating group) is 1. The van der Waals surface area contributed by atoms with Gasteiger partial charge < -0.3 is 14.9 Å². The average molecular weight is 270 g/mol. The molecule has 19 heavy (non-hydrogen) atoms. The molecule has 106 valence electrons. The van der Waals surface area contributed by atoms with Crippen LogP contribution in [0, 0.1) is 11.6 Å². The lowest BCUT2D eigenvalue weighted by Crippen LogP contribution is -2.44. The summed E-state index contributed by atoms with van der Waals surface area (Å²) >= 11 is 0. The fraction of sp³-hybridized carbons (Fsp3) is 0.571. The van der Waals surface area contributed by atoms with Crippen LogP contribution in [0.5, 0.6) is 0 Å². The van der Waals surface area contributed by atoms with Gasteiger partial charge in [0.2, 0.25) is 0 Å². The minimum Gasteiger partial charge on any atom is -0.388 e. The van der Waals surface area contributed by atoms with Crippen LogP contribution in [0.2, 0.25) is 0 Å². The zero-order valence-corrected chi connectivity index (χ0v) is 11.1. The Morgan fingerprint density at radius 3 is 2.58 bits per heavy atom. The number of aliphatic hydroxyl groups is 1. The molecule has 1 heterocycles. The van der Waals surface area contributed by atoms with E-state index in [2.05, 4.69) is 16.8 Å². The van der Waals surface area contributed by atoms with Crippen molar-refractivity contribution in [3.63, 3.8) is 0 Å². The van der Waals surface area contributed by atoms with Crippen molar-refractivity contribution < 1.29 is 13.9 Å². The number of halogens is 2. The molecule has 1 aromatic rings. The Hall–Kier alpha value is -1.04. The third-order valence-corrected chi connectivity index (χ3v) is 3.66. The fourth-order valence-electron chi connectivity index (χ4n) is 2.31. The molecule has 1 saturated heterocycles. The second kappa shape index (κ2) is 6.41. The van der Waals surface area contributed by atoms with Gasteiger partial charge in [0.15, 0.2) is 11.6 Å². The molecule has 0 aliphatic carbocycles. The van der Waals surface area contributed by atoms with Gasteiger partial charge in [-0.2, -0.15) is 0 Å². The van der Waals surface area contributed by atoms with Crippen molar-refractivity contribution in [2.24, 2.45) is 0 Å². The second-order valence-corrected chi connectivity index (χ2v) is 5.09. The summed E-state index contributed by atoms with van der Waals surface area (Å²) in [5, 5.41) is 9.96. The fourth-order valence-corrected chi connectivity index (χ4v) is 2.31. The van der Waals surface area contributed by atoms with Gasteiger partial charge in [-0.25, -0.2) is 8.78 Å². The second-order valence-electron chi connectivity index (χ2n) is 5.09. The lowest BCUT2D eigenvalue weighted by molar-refractivity contribution is 0.110. The van der Waals surface area contributed by atoms with E-state index in [1.54, 1.807) is 0 Å². The number of hydrogen-bond donors (Lipinski definition) is 1. The molecule has 5 heteroatoms. The number of aliphatic hydroxyl groups excluding tert-OH is 1. The quantitative estimate of drug-likeness (QED) is 0.901. The van der Waals surface area contributed by atoms with Gasteiger partial charge in [-0.1, -0.05) is 12.1 Å². The van der Waals surface area contributed by atoms with Crippen LogP contribution in [0.3, 0.4) is 0 Å². The first-order chi connectivity index (χ1) is 9.08. The van der Waals surface area contributed by atoms with E-state index in [-0.39, 0.29) is 5.56 Å². The van der Waals surface area contributed by atoms with E-state index in [4.69, 9.17) is 0 Å². The van der Waals surface area contributed by atoms with E-state index in [1.165, 1.54) is 12.1 Å². The first-order valence-corrected chi connectivity index (χ1v) is 6.61. The minimum absolute atomic E-state index is 0.0501. The molecule has 1 aliphatic heterocycles. The topological polar surface area (TPSA) is 26.7 Å². The molecule has 0 saturated carbocycles. The van der Waals surface area contributed by atoms with E-state index in [1.807, 2.05) is 0 Å². The number of hydrogen-bond acceptors (Lipinski definition) is 3. The van der Waals surface area contributed by atoms with Crippen LogP contribution in [-0.2, 0) is 0 Å². The predicted molar refractivity (Wildman–Crippen MR) is 69.9 cm³/mol. The number of rotatable bonds is 4. The molecule has 0 aromatic heterocycles. The molecule has 0 bridgehead atoms. The molecule has 0 radical (unpaired) electrons. The number of benzene rings is 1. The summed E-state index contributed by atoms with van der Waals surface area (Å²) in [6.07, 6.45) is -0.528. The van der Waals surface area contributed by atoms with Gasteiger partial charge in [0.05, 0.1) is 6.10 Å². The highest BCUT2D eigenvalue weighted by Gasteiger charge is 2.18. The summed E-state index contributed by atoms with van der Waals surface area (Å²) in [7, 11) is 2.08. The zero-order valence-electron chi connectivity index (χ0n) is 11.1. The first-order valence-electron chi connectivity index (χ1n) is 6.61. The highest BCUT2D eigenvalue weighted by atomic mass is 19.2. The molecule has 3 nitrogen and oxygen atoms in total.